The van der Waals surface area contributed by atoms with Gasteiger partial charge in [0, 0.05) is 18.7 Å². The number of hydrogen-bond donors (Lipinski definition) is 1. The van der Waals surface area contributed by atoms with E-state index < -0.39 is 0 Å². The van der Waals surface area contributed by atoms with Crippen LogP contribution in [0.3, 0.4) is 0 Å². The van der Waals surface area contributed by atoms with Crippen LogP contribution in [0.4, 0.5) is 5.69 Å². The number of amides is 1. The molecule has 2 heterocycles. The standard InChI is InChI=1S/C19H26N4O2/c1-14(2)11-17-21-18(25-22-17)13-23-10-6-7-15(12-23)19(24)20-16-8-4-3-5-9-16/h3-5,8-9,14-15H,6-7,10-13H2,1-2H3,(H,20,24). The lowest BCUT2D eigenvalue weighted by atomic mass is 9.97. The predicted molar refractivity (Wildman–Crippen MR) is 95.9 cm³/mol. The molecule has 0 bridgehead atoms. The van der Waals surface area contributed by atoms with Gasteiger partial charge in [0.1, 0.15) is 0 Å². The van der Waals surface area contributed by atoms with Gasteiger partial charge in [-0.25, -0.2) is 0 Å². The van der Waals surface area contributed by atoms with Crippen molar-refractivity contribution in [3.8, 4) is 0 Å². The molecule has 1 aliphatic heterocycles. The molecule has 1 N–H and O–H groups in total. The molecule has 1 aromatic carbocycles. The molecule has 3 rings (SSSR count). The van der Waals surface area contributed by atoms with E-state index in [-0.39, 0.29) is 11.8 Å². The highest BCUT2D eigenvalue weighted by Gasteiger charge is 2.27. The Bertz CT molecular complexity index is 684. The molecule has 1 amide bonds. The van der Waals surface area contributed by atoms with Gasteiger partial charge in [-0.1, -0.05) is 37.2 Å². The van der Waals surface area contributed by atoms with E-state index in [0.29, 0.717) is 18.4 Å². The maximum Gasteiger partial charge on any atom is 0.240 e. The number of hydrogen-bond acceptors (Lipinski definition) is 5. The third kappa shape index (κ3) is 5.13. The second kappa shape index (κ2) is 8.25. The van der Waals surface area contributed by atoms with Gasteiger partial charge in [-0.3, -0.25) is 9.69 Å². The Morgan fingerprint density at radius 1 is 1.36 bits per heavy atom. The molecule has 6 heteroatoms. The molecular formula is C19H26N4O2. The summed E-state index contributed by atoms with van der Waals surface area (Å²) in [6, 6.07) is 9.61. The Morgan fingerprint density at radius 2 is 2.16 bits per heavy atom. The summed E-state index contributed by atoms with van der Waals surface area (Å²) in [7, 11) is 0. The number of piperidine rings is 1. The Hall–Kier alpha value is -2.21. The van der Waals surface area contributed by atoms with Crippen LogP contribution in [0.15, 0.2) is 34.9 Å². The average Bonchev–Trinajstić information content (AvgIpc) is 3.02. The Balaban J connectivity index is 1.54. The topological polar surface area (TPSA) is 71.3 Å². The number of nitrogens with one attached hydrogen (secondary N) is 1. The fourth-order valence-electron chi connectivity index (χ4n) is 3.17. The summed E-state index contributed by atoms with van der Waals surface area (Å²) in [6.07, 6.45) is 2.74. The fourth-order valence-corrected chi connectivity index (χ4v) is 3.17. The zero-order chi connectivity index (χ0) is 17.6. The average molecular weight is 342 g/mol. The summed E-state index contributed by atoms with van der Waals surface area (Å²) >= 11 is 0. The van der Waals surface area contributed by atoms with Gasteiger partial charge >= 0.3 is 0 Å². The number of anilines is 1. The highest BCUT2D eigenvalue weighted by Crippen LogP contribution is 2.20. The summed E-state index contributed by atoms with van der Waals surface area (Å²) in [5, 5.41) is 7.04. The lowest BCUT2D eigenvalue weighted by Crippen LogP contribution is -2.40. The molecule has 25 heavy (non-hydrogen) atoms. The van der Waals surface area contributed by atoms with Crippen LogP contribution >= 0.6 is 0 Å². The first-order chi connectivity index (χ1) is 12.1. The number of benzene rings is 1. The van der Waals surface area contributed by atoms with Crippen LogP contribution in [0.2, 0.25) is 0 Å². The van der Waals surface area contributed by atoms with Crippen LogP contribution in [0, 0.1) is 11.8 Å². The van der Waals surface area contributed by atoms with Crippen molar-refractivity contribution in [2.75, 3.05) is 18.4 Å². The van der Waals surface area contributed by atoms with Gasteiger partial charge in [-0.2, -0.15) is 4.98 Å². The van der Waals surface area contributed by atoms with Crippen LogP contribution in [-0.2, 0) is 17.8 Å². The van der Waals surface area contributed by atoms with Crippen molar-refractivity contribution in [1.82, 2.24) is 15.0 Å². The largest absolute Gasteiger partial charge is 0.338 e. The van der Waals surface area contributed by atoms with Crippen LogP contribution in [0.25, 0.3) is 0 Å². The van der Waals surface area contributed by atoms with E-state index in [2.05, 4.69) is 34.2 Å². The summed E-state index contributed by atoms with van der Waals surface area (Å²) in [5.41, 5.74) is 0.847. The van der Waals surface area contributed by atoms with Crippen molar-refractivity contribution in [3.05, 3.63) is 42.0 Å². The monoisotopic (exact) mass is 342 g/mol. The molecule has 1 fully saturated rings. The number of aromatic nitrogens is 2. The maximum absolute atomic E-state index is 12.5. The Morgan fingerprint density at radius 3 is 2.92 bits per heavy atom. The first kappa shape index (κ1) is 17.6. The molecule has 0 spiro atoms. The molecule has 1 saturated heterocycles. The van der Waals surface area contributed by atoms with Crippen molar-refractivity contribution >= 4 is 11.6 Å². The fraction of sp³-hybridized carbons (Fsp3) is 0.526. The van der Waals surface area contributed by atoms with E-state index in [0.717, 1.165) is 43.9 Å². The zero-order valence-electron chi connectivity index (χ0n) is 14.9. The Labute approximate surface area is 148 Å². The molecule has 1 aliphatic rings. The second-order valence-electron chi connectivity index (χ2n) is 7.13. The highest BCUT2D eigenvalue weighted by atomic mass is 16.5. The SMILES string of the molecule is CC(C)Cc1noc(CN2CCCC(C(=O)Nc3ccccc3)C2)n1. The maximum atomic E-state index is 12.5. The summed E-state index contributed by atoms with van der Waals surface area (Å²) in [4.78, 5) is 19.2. The number of carbonyl (C=O) groups is 1. The molecular weight excluding hydrogens is 316 g/mol. The van der Waals surface area contributed by atoms with Crippen molar-refractivity contribution in [2.24, 2.45) is 11.8 Å². The van der Waals surface area contributed by atoms with Gasteiger partial charge < -0.3 is 9.84 Å². The third-order valence-electron chi connectivity index (χ3n) is 4.38. The zero-order valence-corrected chi connectivity index (χ0v) is 14.9. The van der Waals surface area contributed by atoms with Crippen LogP contribution in [-0.4, -0.2) is 34.0 Å². The van der Waals surface area contributed by atoms with Gasteiger partial charge in [0.15, 0.2) is 5.82 Å². The number of nitrogens with zero attached hydrogens (tertiary/aromatic N) is 3. The van der Waals surface area contributed by atoms with Crippen molar-refractivity contribution in [2.45, 2.75) is 39.7 Å². The van der Waals surface area contributed by atoms with Crippen LogP contribution in [0.5, 0.6) is 0 Å². The van der Waals surface area contributed by atoms with E-state index in [9.17, 15) is 4.79 Å². The number of rotatable bonds is 6. The van der Waals surface area contributed by atoms with Crippen molar-refractivity contribution in [3.63, 3.8) is 0 Å². The minimum absolute atomic E-state index is 0.00740. The van der Waals surface area contributed by atoms with Crippen LogP contribution < -0.4 is 5.32 Å². The van der Waals surface area contributed by atoms with E-state index in [1.165, 1.54) is 0 Å². The Kier molecular flexibility index (Phi) is 5.81. The van der Waals surface area contributed by atoms with Gasteiger partial charge in [0.25, 0.3) is 0 Å². The molecule has 1 atom stereocenters. The van der Waals surface area contributed by atoms with Crippen molar-refractivity contribution < 1.29 is 9.32 Å². The van der Waals surface area contributed by atoms with E-state index in [1.807, 2.05) is 30.3 Å². The van der Waals surface area contributed by atoms with Crippen LogP contribution in [0.1, 0.15) is 38.4 Å². The normalized spacial score (nSPS) is 18.4. The molecule has 134 valence electrons. The molecule has 6 nitrogen and oxygen atoms in total. The lowest BCUT2D eigenvalue weighted by molar-refractivity contribution is -0.121. The summed E-state index contributed by atoms with van der Waals surface area (Å²) in [5.74, 6) is 1.99. The molecule has 2 aromatic rings. The lowest BCUT2D eigenvalue weighted by Gasteiger charge is -2.30. The number of likely N-dealkylation sites (tertiary alicyclic amines) is 1. The van der Waals surface area contributed by atoms with E-state index >= 15 is 0 Å². The smallest absolute Gasteiger partial charge is 0.240 e. The van der Waals surface area contributed by atoms with Gasteiger partial charge in [0.2, 0.25) is 11.8 Å². The number of para-hydroxylation sites is 1. The third-order valence-corrected chi connectivity index (χ3v) is 4.38. The summed E-state index contributed by atoms with van der Waals surface area (Å²) < 4.78 is 5.36. The van der Waals surface area contributed by atoms with E-state index in [4.69, 9.17) is 4.52 Å². The second-order valence-corrected chi connectivity index (χ2v) is 7.13. The first-order valence-corrected chi connectivity index (χ1v) is 9.00. The van der Waals surface area contributed by atoms with Gasteiger partial charge in [-0.05, 0) is 37.4 Å². The molecule has 0 saturated carbocycles. The molecule has 0 aliphatic carbocycles. The summed E-state index contributed by atoms with van der Waals surface area (Å²) in [6.45, 7) is 6.56. The first-order valence-electron chi connectivity index (χ1n) is 9.00. The minimum Gasteiger partial charge on any atom is -0.338 e. The van der Waals surface area contributed by atoms with Gasteiger partial charge in [0.05, 0.1) is 12.5 Å². The quantitative estimate of drug-likeness (QED) is 0.873. The minimum atomic E-state index is -0.00740. The van der Waals surface area contributed by atoms with Crippen molar-refractivity contribution in [1.29, 1.82) is 0 Å². The number of carbonyl (C=O) groups excluding carboxylic acids is 1. The predicted octanol–water partition coefficient (Wildman–Crippen LogP) is 3.12. The van der Waals surface area contributed by atoms with Gasteiger partial charge in [-0.15, -0.1) is 0 Å². The highest BCUT2D eigenvalue weighted by molar-refractivity contribution is 5.92. The molecule has 1 unspecified atom stereocenters. The van der Waals surface area contributed by atoms with E-state index in [1.54, 1.807) is 0 Å². The molecule has 0 radical (unpaired) electrons. The molecule has 1 aromatic heterocycles.